The van der Waals surface area contributed by atoms with Crippen molar-refractivity contribution in [3.8, 4) is 5.75 Å². The normalized spacial score (nSPS) is 11.2. The number of nitrogens with one attached hydrogen (secondary N) is 2. The molecule has 0 bridgehead atoms. The van der Waals surface area contributed by atoms with E-state index >= 15 is 0 Å². The number of benzene rings is 2. The van der Waals surface area contributed by atoms with E-state index in [9.17, 15) is 14.4 Å². The number of hydrogen-bond donors (Lipinski definition) is 2. The summed E-state index contributed by atoms with van der Waals surface area (Å²) in [5.41, 5.74) is 0.775. The van der Waals surface area contributed by atoms with Gasteiger partial charge in [-0.25, -0.2) is 9.59 Å². The number of hydrogen-bond acceptors (Lipinski definition) is 5. The van der Waals surface area contributed by atoms with Crippen LogP contribution in [-0.2, 0) is 9.53 Å². The number of anilines is 1. The Morgan fingerprint density at radius 1 is 1.08 bits per heavy atom. The highest BCUT2D eigenvalue weighted by Gasteiger charge is 2.21. The van der Waals surface area contributed by atoms with Crippen LogP contribution in [0.15, 0.2) is 53.0 Å². The summed E-state index contributed by atoms with van der Waals surface area (Å²) in [6, 6.07) is 12.6. The van der Waals surface area contributed by atoms with Crippen molar-refractivity contribution in [3.63, 3.8) is 0 Å². The topological polar surface area (TPSA) is 93.7 Å². The maximum Gasteiger partial charge on any atom is 0.338 e. The zero-order valence-corrected chi connectivity index (χ0v) is 15.7. The molecule has 0 saturated heterocycles. The molecule has 2 aromatic carbocycles. The minimum absolute atomic E-state index is 0.242. The number of imide groups is 1. The van der Waals surface area contributed by atoms with Crippen LogP contribution in [0, 0.1) is 0 Å². The van der Waals surface area contributed by atoms with Crippen molar-refractivity contribution >= 4 is 39.5 Å². The Morgan fingerprint density at radius 2 is 1.77 bits per heavy atom. The third-order valence-corrected chi connectivity index (χ3v) is 3.93. The smallest absolute Gasteiger partial charge is 0.338 e. The molecule has 7 nitrogen and oxygen atoms in total. The molecular weight excluding hydrogens is 404 g/mol. The van der Waals surface area contributed by atoms with Crippen LogP contribution in [0.3, 0.4) is 0 Å². The van der Waals surface area contributed by atoms with Crippen LogP contribution < -0.4 is 15.4 Å². The molecule has 0 heterocycles. The first-order valence-corrected chi connectivity index (χ1v) is 8.41. The van der Waals surface area contributed by atoms with E-state index in [0.717, 1.165) is 0 Å². The van der Waals surface area contributed by atoms with Crippen molar-refractivity contribution in [1.82, 2.24) is 5.32 Å². The van der Waals surface area contributed by atoms with E-state index in [1.807, 2.05) is 0 Å². The summed E-state index contributed by atoms with van der Waals surface area (Å²) < 4.78 is 10.7. The molecule has 2 N–H and O–H groups in total. The quantitative estimate of drug-likeness (QED) is 0.723. The molecule has 0 aromatic heterocycles. The number of urea groups is 1. The van der Waals surface area contributed by atoms with Crippen LogP contribution in [-0.4, -0.2) is 31.1 Å². The monoisotopic (exact) mass is 420 g/mol. The molecule has 0 spiro atoms. The Bertz CT molecular complexity index is 810. The van der Waals surface area contributed by atoms with Gasteiger partial charge in [-0.2, -0.15) is 0 Å². The first-order chi connectivity index (χ1) is 12.4. The maximum atomic E-state index is 12.1. The lowest BCUT2D eigenvalue weighted by Crippen LogP contribution is -2.41. The Kier molecular flexibility index (Phi) is 6.74. The zero-order valence-electron chi connectivity index (χ0n) is 14.1. The summed E-state index contributed by atoms with van der Waals surface area (Å²) in [4.78, 5) is 35.9. The SMILES string of the molecule is COc1ccc(C(=O)OC(C)C(=O)NC(=O)Nc2ccccc2)cc1Br. The van der Waals surface area contributed by atoms with Crippen LogP contribution in [0.4, 0.5) is 10.5 Å². The van der Waals surface area contributed by atoms with E-state index in [1.165, 1.54) is 26.2 Å². The molecule has 2 rings (SSSR count). The summed E-state index contributed by atoms with van der Waals surface area (Å²) in [5, 5.41) is 4.62. The van der Waals surface area contributed by atoms with Gasteiger partial charge >= 0.3 is 12.0 Å². The third kappa shape index (κ3) is 5.32. The van der Waals surface area contributed by atoms with Crippen molar-refractivity contribution in [1.29, 1.82) is 0 Å². The van der Waals surface area contributed by atoms with Crippen LogP contribution in [0.2, 0.25) is 0 Å². The molecule has 2 aromatic rings. The highest BCUT2D eigenvalue weighted by molar-refractivity contribution is 9.10. The fraction of sp³-hybridized carbons (Fsp3) is 0.167. The average Bonchev–Trinajstić information content (AvgIpc) is 2.62. The standard InChI is InChI=1S/C18H17BrN2O5/c1-11(16(22)21-18(24)20-13-6-4-3-5-7-13)26-17(23)12-8-9-15(25-2)14(19)10-12/h3-11H,1-2H3,(H2,20,21,22,24). The van der Waals surface area contributed by atoms with Gasteiger partial charge in [0.2, 0.25) is 0 Å². The van der Waals surface area contributed by atoms with Crippen molar-refractivity contribution in [2.45, 2.75) is 13.0 Å². The molecule has 1 unspecified atom stereocenters. The minimum Gasteiger partial charge on any atom is -0.496 e. The largest absolute Gasteiger partial charge is 0.496 e. The second kappa shape index (κ2) is 9.00. The number of carbonyl (C=O) groups is 3. The second-order valence-electron chi connectivity index (χ2n) is 5.21. The molecule has 8 heteroatoms. The lowest BCUT2D eigenvalue weighted by Gasteiger charge is -2.14. The Balaban J connectivity index is 1.90. The van der Waals surface area contributed by atoms with Gasteiger partial charge in [0.15, 0.2) is 6.10 Å². The average molecular weight is 421 g/mol. The van der Waals surface area contributed by atoms with E-state index in [0.29, 0.717) is 15.9 Å². The van der Waals surface area contributed by atoms with Gasteiger partial charge < -0.3 is 14.8 Å². The van der Waals surface area contributed by atoms with Crippen molar-refractivity contribution in [2.75, 3.05) is 12.4 Å². The van der Waals surface area contributed by atoms with Crippen LogP contribution in [0.25, 0.3) is 0 Å². The second-order valence-corrected chi connectivity index (χ2v) is 6.06. The first kappa shape index (κ1) is 19.5. The summed E-state index contributed by atoms with van der Waals surface area (Å²) in [6.45, 7) is 1.38. The highest BCUT2D eigenvalue weighted by Crippen LogP contribution is 2.25. The number of ether oxygens (including phenoxy) is 2. The predicted octanol–water partition coefficient (Wildman–Crippen LogP) is 3.35. The Labute approximate surface area is 158 Å². The number of esters is 1. The molecular formula is C18H17BrN2O5. The number of carbonyl (C=O) groups excluding carboxylic acids is 3. The number of rotatable bonds is 5. The molecule has 3 amide bonds. The molecule has 0 aliphatic heterocycles. The van der Waals surface area contributed by atoms with Gasteiger partial charge in [-0.15, -0.1) is 0 Å². The lowest BCUT2D eigenvalue weighted by molar-refractivity contribution is -0.127. The lowest BCUT2D eigenvalue weighted by atomic mass is 10.2. The molecule has 0 saturated carbocycles. The maximum absolute atomic E-state index is 12.1. The predicted molar refractivity (Wildman–Crippen MR) is 99.2 cm³/mol. The van der Waals surface area contributed by atoms with E-state index in [2.05, 4.69) is 26.6 Å². The number of methoxy groups -OCH3 is 1. The van der Waals surface area contributed by atoms with Gasteiger partial charge in [0.25, 0.3) is 5.91 Å². The van der Waals surface area contributed by atoms with E-state index < -0.39 is 24.0 Å². The van der Waals surface area contributed by atoms with Crippen molar-refractivity contribution in [3.05, 3.63) is 58.6 Å². The first-order valence-electron chi connectivity index (χ1n) is 7.62. The van der Waals surface area contributed by atoms with Gasteiger partial charge in [-0.3, -0.25) is 10.1 Å². The van der Waals surface area contributed by atoms with Gasteiger partial charge in [-0.1, -0.05) is 18.2 Å². The summed E-state index contributed by atoms with van der Waals surface area (Å²) in [7, 11) is 1.50. The van der Waals surface area contributed by atoms with E-state index in [-0.39, 0.29) is 5.56 Å². The van der Waals surface area contributed by atoms with Gasteiger partial charge in [-0.05, 0) is 53.2 Å². The third-order valence-electron chi connectivity index (χ3n) is 3.31. The summed E-state index contributed by atoms with van der Waals surface area (Å²) in [6.07, 6.45) is -1.15. The van der Waals surface area contributed by atoms with E-state index in [1.54, 1.807) is 36.4 Å². The van der Waals surface area contributed by atoms with Gasteiger partial charge in [0.1, 0.15) is 5.75 Å². The molecule has 26 heavy (non-hydrogen) atoms. The minimum atomic E-state index is -1.15. The highest BCUT2D eigenvalue weighted by atomic mass is 79.9. The van der Waals surface area contributed by atoms with Crippen molar-refractivity contribution < 1.29 is 23.9 Å². The molecule has 0 fully saturated rings. The van der Waals surface area contributed by atoms with Gasteiger partial charge in [0, 0.05) is 5.69 Å². The summed E-state index contributed by atoms with van der Waals surface area (Å²) in [5.74, 6) is -0.872. The summed E-state index contributed by atoms with van der Waals surface area (Å²) >= 11 is 3.27. The van der Waals surface area contributed by atoms with Gasteiger partial charge in [0.05, 0.1) is 17.1 Å². The van der Waals surface area contributed by atoms with Crippen LogP contribution in [0.5, 0.6) is 5.75 Å². The molecule has 0 aliphatic carbocycles. The Hall–Kier alpha value is -2.87. The fourth-order valence-corrected chi connectivity index (χ4v) is 2.51. The molecule has 0 aliphatic rings. The van der Waals surface area contributed by atoms with E-state index in [4.69, 9.17) is 9.47 Å². The number of amides is 3. The Morgan fingerprint density at radius 3 is 2.38 bits per heavy atom. The fourth-order valence-electron chi connectivity index (χ4n) is 1.97. The number of halogens is 1. The van der Waals surface area contributed by atoms with Crippen LogP contribution in [0.1, 0.15) is 17.3 Å². The number of para-hydroxylation sites is 1. The zero-order chi connectivity index (χ0) is 19.1. The molecule has 1 atom stereocenters. The molecule has 0 radical (unpaired) electrons. The van der Waals surface area contributed by atoms with Crippen LogP contribution >= 0.6 is 15.9 Å². The molecule has 136 valence electrons. The van der Waals surface area contributed by atoms with Crippen molar-refractivity contribution in [2.24, 2.45) is 0 Å².